The summed E-state index contributed by atoms with van der Waals surface area (Å²) in [5.74, 6) is -1.06. The summed E-state index contributed by atoms with van der Waals surface area (Å²) in [6, 6.07) is 22.3. The van der Waals surface area contributed by atoms with Crippen molar-refractivity contribution in [2.75, 3.05) is 0 Å². The number of aliphatic carboxylic acids is 1. The number of benzene rings is 3. The number of furan rings is 2. The minimum absolute atomic E-state index is 0.0394. The third-order valence-corrected chi connectivity index (χ3v) is 6.13. The molecule has 2 aromatic heterocycles. The van der Waals surface area contributed by atoms with Gasteiger partial charge in [0.2, 0.25) is 0 Å². The Morgan fingerprint density at radius 1 is 0.919 bits per heavy atom. The van der Waals surface area contributed by atoms with Gasteiger partial charge in [-0.05, 0) is 59.2 Å². The number of nitrogens with one attached hydrogen (secondary N) is 1. The molecule has 5 rings (SSSR count). The van der Waals surface area contributed by atoms with E-state index in [2.05, 4.69) is 5.32 Å². The van der Waals surface area contributed by atoms with Gasteiger partial charge >= 0.3 is 5.97 Å². The lowest BCUT2D eigenvalue weighted by molar-refractivity contribution is -0.139. The van der Waals surface area contributed by atoms with E-state index in [-0.39, 0.29) is 12.2 Å². The van der Waals surface area contributed by atoms with Crippen molar-refractivity contribution in [1.82, 2.24) is 5.32 Å². The van der Waals surface area contributed by atoms with Crippen LogP contribution in [0.3, 0.4) is 0 Å². The zero-order valence-electron chi connectivity index (χ0n) is 19.5. The minimum Gasteiger partial charge on any atom is -0.489 e. The topological polar surface area (TPSA) is 102 Å². The highest BCUT2D eigenvalue weighted by Gasteiger charge is 2.23. The average Bonchev–Trinajstić information content (AvgIpc) is 3.58. The van der Waals surface area contributed by atoms with Crippen molar-refractivity contribution in [3.63, 3.8) is 0 Å². The molecule has 8 heteroatoms. The number of hydrogen-bond donors (Lipinski definition) is 2. The van der Waals surface area contributed by atoms with E-state index in [1.807, 2.05) is 36.4 Å². The molecule has 7 nitrogen and oxygen atoms in total. The summed E-state index contributed by atoms with van der Waals surface area (Å²) in [6.07, 6.45) is 3.28. The second-order valence-electron chi connectivity index (χ2n) is 8.50. The van der Waals surface area contributed by atoms with Gasteiger partial charge in [0, 0.05) is 22.4 Å². The molecule has 0 fully saturated rings. The molecule has 37 heavy (non-hydrogen) atoms. The van der Waals surface area contributed by atoms with Gasteiger partial charge in [0.15, 0.2) is 5.76 Å². The number of carbonyl (C=O) groups is 2. The lowest BCUT2D eigenvalue weighted by Crippen LogP contribution is -2.42. The third kappa shape index (κ3) is 5.85. The van der Waals surface area contributed by atoms with Crippen LogP contribution < -0.4 is 10.1 Å². The standard InChI is InChI=1S/C29H22ClNO6/c30-23-7-5-20(6-8-23)21-3-4-22-15-27(37-26(22)14-21)28(32)31-25(29(33)34)13-18-1-9-24(10-2-18)36-17-19-11-12-35-16-19/h1-12,14-16,25H,13,17H2,(H,31,32)(H,33,34). The Bertz CT molecular complexity index is 1520. The van der Waals surface area contributed by atoms with Crippen molar-refractivity contribution in [2.24, 2.45) is 0 Å². The van der Waals surface area contributed by atoms with E-state index in [4.69, 9.17) is 25.2 Å². The fourth-order valence-corrected chi connectivity index (χ4v) is 4.02. The molecule has 0 saturated heterocycles. The highest BCUT2D eigenvalue weighted by molar-refractivity contribution is 6.30. The van der Waals surface area contributed by atoms with Gasteiger partial charge in [-0.2, -0.15) is 0 Å². The van der Waals surface area contributed by atoms with Crippen LogP contribution in [-0.2, 0) is 17.8 Å². The summed E-state index contributed by atoms with van der Waals surface area (Å²) in [6.45, 7) is 0.363. The zero-order chi connectivity index (χ0) is 25.8. The Labute approximate surface area is 217 Å². The maximum absolute atomic E-state index is 12.9. The number of ether oxygens (including phenoxy) is 1. The van der Waals surface area contributed by atoms with Crippen molar-refractivity contribution in [2.45, 2.75) is 19.1 Å². The summed E-state index contributed by atoms with van der Waals surface area (Å²) >= 11 is 5.97. The molecule has 2 heterocycles. The monoisotopic (exact) mass is 515 g/mol. The normalized spacial score (nSPS) is 11.8. The number of carbonyl (C=O) groups excluding carboxylic acids is 1. The van der Waals surface area contributed by atoms with Gasteiger partial charge in [-0.1, -0.05) is 48.0 Å². The molecule has 0 aliphatic rings. The van der Waals surface area contributed by atoms with Gasteiger partial charge < -0.3 is 24.0 Å². The molecule has 0 aliphatic carbocycles. The number of amides is 1. The second-order valence-corrected chi connectivity index (χ2v) is 8.94. The number of carboxylic acids is 1. The number of halogens is 1. The largest absolute Gasteiger partial charge is 0.489 e. The van der Waals surface area contributed by atoms with Gasteiger partial charge in [-0.3, -0.25) is 4.79 Å². The number of carboxylic acid groups (broad SMARTS) is 1. The van der Waals surface area contributed by atoms with Crippen LogP contribution >= 0.6 is 11.6 Å². The molecule has 2 N–H and O–H groups in total. The first kappa shape index (κ1) is 24.2. The first-order valence-electron chi connectivity index (χ1n) is 11.5. The zero-order valence-corrected chi connectivity index (χ0v) is 20.3. The van der Waals surface area contributed by atoms with E-state index in [1.165, 1.54) is 0 Å². The quantitative estimate of drug-likeness (QED) is 0.237. The van der Waals surface area contributed by atoms with Crippen LogP contribution in [0.15, 0.2) is 100 Å². The number of rotatable bonds is 9. The van der Waals surface area contributed by atoms with E-state index in [0.717, 1.165) is 27.6 Å². The Kier molecular flexibility index (Phi) is 6.96. The maximum atomic E-state index is 12.9. The molecule has 3 aromatic carbocycles. The van der Waals surface area contributed by atoms with Gasteiger partial charge in [-0.15, -0.1) is 0 Å². The van der Waals surface area contributed by atoms with Gasteiger partial charge in [0.1, 0.15) is 24.0 Å². The Morgan fingerprint density at radius 3 is 2.38 bits per heavy atom. The summed E-state index contributed by atoms with van der Waals surface area (Å²) < 4.78 is 16.5. The molecular formula is C29H22ClNO6. The molecule has 1 unspecified atom stereocenters. The second kappa shape index (κ2) is 10.6. The van der Waals surface area contributed by atoms with Crippen LogP contribution in [0.2, 0.25) is 5.02 Å². The summed E-state index contributed by atoms with van der Waals surface area (Å²) in [7, 11) is 0. The van der Waals surface area contributed by atoms with E-state index >= 15 is 0 Å². The van der Waals surface area contributed by atoms with Crippen LogP contribution in [0.4, 0.5) is 0 Å². The first-order chi connectivity index (χ1) is 17.9. The van der Waals surface area contributed by atoms with Crippen LogP contribution in [0.5, 0.6) is 5.75 Å². The predicted octanol–water partition coefficient (Wildman–Crippen LogP) is 6.35. The van der Waals surface area contributed by atoms with E-state index < -0.39 is 17.9 Å². The maximum Gasteiger partial charge on any atom is 0.326 e. The van der Waals surface area contributed by atoms with Crippen LogP contribution in [0.25, 0.3) is 22.1 Å². The van der Waals surface area contributed by atoms with Crippen molar-refractivity contribution < 1.29 is 28.3 Å². The van der Waals surface area contributed by atoms with E-state index in [9.17, 15) is 14.7 Å². The molecule has 5 aromatic rings. The number of fused-ring (bicyclic) bond motifs is 1. The third-order valence-electron chi connectivity index (χ3n) is 5.87. The van der Waals surface area contributed by atoms with Gasteiger partial charge in [0.25, 0.3) is 5.91 Å². The molecule has 0 radical (unpaired) electrons. The fourth-order valence-electron chi connectivity index (χ4n) is 3.89. The summed E-state index contributed by atoms with van der Waals surface area (Å²) in [5, 5.41) is 13.7. The predicted molar refractivity (Wildman–Crippen MR) is 139 cm³/mol. The van der Waals surface area contributed by atoms with Crippen molar-refractivity contribution >= 4 is 34.4 Å². The molecule has 186 valence electrons. The summed E-state index contributed by atoms with van der Waals surface area (Å²) in [4.78, 5) is 24.7. The van der Waals surface area contributed by atoms with Crippen LogP contribution in [0.1, 0.15) is 21.7 Å². The lowest BCUT2D eigenvalue weighted by Gasteiger charge is -2.14. The Morgan fingerprint density at radius 2 is 1.68 bits per heavy atom. The first-order valence-corrected chi connectivity index (χ1v) is 11.9. The van der Waals surface area contributed by atoms with Crippen LogP contribution in [0, 0.1) is 0 Å². The van der Waals surface area contributed by atoms with Crippen molar-refractivity contribution in [3.05, 3.63) is 113 Å². The van der Waals surface area contributed by atoms with Crippen molar-refractivity contribution in [1.29, 1.82) is 0 Å². The molecule has 0 aliphatic heterocycles. The molecule has 1 atom stereocenters. The molecular weight excluding hydrogens is 494 g/mol. The average molecular weight is 516 g/mol. The highest BCUT2D eigenvalue weighted by atomic mass is 35.5. The Balaban J connectivity index is 1.25. The van der Waals surface area contributed by atoms with Crippen molar-refractivity contribution in [3.8, 4) is 16.9 Å². The molecule has 0 bridgehead atoms. The lowest BCUT2D eigenvalue weighted by atomic mass is 10.0. The highest BCUT2D eigenvalue weighted by Crippen LogP contribution is 2.28. The molecule has 0 saturated carbocycles. The fraction of sp³-hybridized carbons (Fsp3) is 0.103. The van der Waals surface area contributed by atoms with Gasteiger partial charge in [0.05, 0.1) is 12.5 Å². The summed E-state index contributed by atoms with van der Waals surface area (Å²) in [5.41, 5.74) is 4.03. The number of hydrogen-bond acceptors (Lipinski definition) is 5. The van der Waals surface area contributed by atoms with E-state index in [0.29, 0.717) is 23.0 Å². The molecule has 0 spiro atoms. The Hall–Kier alpha value is -4.49. The molecule has 1 amide bonds. The van der Waals surface area contributed by atoms with Gasteiger partial charge in [-0.25, -0.2) is 4.79 Å². The smallest absolute Gasteiger partial charge is 0.326 e. The minimum atomic E-state index is -1.14. The van der Waals surface area contributed by atoms with E-state index in [1.54, 1.807) is 55.0 Å². The van der Waals surface area contributed by atoms with Crippen LogP contribution in [-0.4, -0.2) is 23.0 Å². The SMILES string of the molecule is O=C(NC(Cc1ccc(OCc2ccoc2)cc1)C(=O)O)c1cc2ccc(-c3ccc(Cl)cc3)cc2o1.